The number of hydrogen-bond donors (Lipinski definition) is 1. The smallest absolute Gasteiger partial charge is 0.127 e. The number of nitrogens with zero attached hydrogens (tertiary/aromatic N) is 1. The van der Waals surface area contributed by atoms with E-state index in [9.17, 15) is 0 Å². The molecule has 0 bridgehead atoms. The topological polar surface area (TPSA) is 24.5 Å². The van der Waals surface area contributed by atoms with Crippen molar-refractivity contribution >= 4 is 11.6 Å². The second kappa shape index (κ2) is 5.55. The molecule has 4 heteroatoms. The highest BCUT2D eigenvalue weighted by atomic mass is 35.5. The van der Waals surface area contributed by atoms with Crippen LogP contribution in [-0.2, 0) is 13.0 Å². The maximum Gasteiger partial charge on any atom is 0.127 e. The standard InChI is InChI=1S/C16H23ClN2O/c1-16(10-18-2)4-5-19(11-16)9-13-8-14(17)7-12-3-6-20-15(12)13/h7-8,18H,3-6,9-11H2,1-2H3. The Bertz CT molecular complexity index is 505. The third-order valence-electron chi connectivity index (χ3n) is 4.46. The van der Waals surface area contributed by atoms with E-state index < -0.39 is 0 Å². The highest BCUT2D eigenvalue weighted by molar-refractivity contribution is 6.30. The van der Waals surface area contributed by atoms with Gasteiger partial charge < -0.3 is 10.1 Å². The first-order chi connectivity index (χ1) is 9.59. The van der Waals surface area contributed by atoms with E-state index in [-0.39, 0.29) is 0 Å². The third kappa shape index (κ3) is 2.80. The van der Waals surface area contributed by atoms with Gasteiger partial charge in [-0.3, -0.25) is 4.90 Å². The Morgan fingerprint density at radius 2 is 2.30 bits per heavy atom. The average Bonchev–Trinajstić information content (AvgIpc) is 2.97. The van der Waals surface area contributed by atoms with Crippen LogP contribution in [-0.4, -0.2) is 38.2 Å². The molecule has 3 rings (SSSR count). The van der Waals surface area contributed by atoms with Crippen molar-refractivity contribution in [3.63, 3.8) is 0 Å². The lowest BCUT2D eigenvalue weighted by molar-refractivity contribution is 0.261. The number of rotatable bonds is 4. The largest absolute Gasteiger partial charge is 0.493 e. The van der Waals surface area contributed by atoms with Crippen molar-refractivity contribution < 1.29 is 4.74 Å². The van der Waals surface area contributed by atoms with Gasteiger partial charge in [0.15, 0.2) is 0 Å². The van der Waals surface area contributed by atoms with Gasteiger partial charge in [0.05, 0.1) is 6.61 Å². The van der Waals surface area contributed by atoms with Crippen LogP contribution in [0.15, 0.2) is 12.1 Å². The molecule has 1 aromatic carbocycles. The molecule has 0 saturated carbocycles. The summed E-state index contributed by atoms with van der Waals surface area (Å²) >= 11 is 6.24. The minimum absolute atomic E-state index is 0.386. The molecule has 1 fully saturated rings. The van der Waals surface area contributed by atoms with E-state index in [4.69, 9.17) is 16.3 Å². The molecule has 0 spiro atoms. The molecule has 1 N–H and O–H groups in total. The molecular weight excluding hydrogens is 272 g/mol. The number of benzene rings is 1. The fourth-order valence-electron chi connectivity index (χ4n) is 3.54. The Morgan fingerprint density at radius 1 is 1.45 bits per heavy atom. The molecule has 0 amide bonds. The molecule has 2 heterocycles. The van der Waals surface area contributed by atoms with Crippen molar-refractivity contribution in [1.82, 2.24) is 10.2 Å². The fraction of sp³-hybridized carbons (Fsp3) is 0.625. The second-order valence-corrected chi connectivity index (χ2v) is 6.89. The molecule has 2 aliphatic rings. The van der Waals surface area contributed by atoms with Gasteiger partial charge in [-0.05, 0) is 43.1 Å². The van der Waals surface area contributed by atoms with Gasteiger partial charge in [0.2, 0.25) is 0 Å². The molecule has 20 heavy (non-hydrogen) atoms. The normalized spacial score (nSPS) is 25.8. The summed E-state index contributed by atoms with van der Waals surface area (Å²) < 4.78 is 5.80. The van der Waals surface area contributed by atoms with Crippen LogP contribution in [0, 0.1) is 5.41 Å². The van der Waals surface area contributed by atoms with Crippen LogP contribution in [0.1, 0.15) is 24.5 Å². The Kier molecular flexibility index (Phi) is 3.93. The molecule has 1 aromatic rings. The number of nitrogens with one attached hydrogen (secondary N) is 1. The predicted molar refractivity (Wildman–Crippen MR) is 82.6 cm³/mol. The molecule has 1 atom stereocenters. The van der Waals surface area contributed by atoms with Gasteiger partial charge >= 0.3 is 0 Å². The highest BCUT2D eigenvalue weighted by Gasteiger charge is 2.33. The summed E-state index contributed by atoms with van der Waals surface area (Å²) in [4.78, 5) is 2.52. The fourth-order valence-corrected chi connectivity index (χ4v) is 3.80. The van der Waals surface area contributed by atoms with Crippen LogP contribution in [0.3, 0.4) is 0 Å². The quantitative estimate of drug-likeness (QED) is 0.924. The van der Waals surface area contributed by atoms with Gasteiger partial charge in [-0.1, -0.05) is 18.5 Å². The Labute approximate surface area is 126 Å². The maximum atomic E-state index is 6.24. The van der Waals surface area contributed by atoms with Crippen molar-refractivity contribution in [2.75, 3.05) is 33.3 Å². The monoisotopic (exact) mass is 294 g/mol. The zero-order valence-corrected chi connectivity index (χ0v) is 13.1. The summed E-state index contributed by atoms with van der Waals surface area (Å²) in [5.41, 5.74) is 2.90. The minimum atomic E-state index is 0.386. The number of hydrogen-bond acceptors (Lipinski definition) is 3. The molecule has 0 aromatic heterocycles. The molecule has 1 saturated heterocycles. The van der Waals surface area contributed by atoms with E-state index in [0.29, 0.717) is 5.41 Å². The molecule has 0 radical (unpaired) electrons. The lowest BCUT2D eigenvalue weighted by atomic mass is 9.90. The summed E-state index contributed by atoms with van der Waals surface area (Å²) in [6.07, 6.45) is 2.23. The van der Waals surface area contributed by atoms with E-state index in [1.807, 2.05) is 13.1 Å². The first kappa shape index (κ1) is 14.2. The Morgan fingerprint density at radius 3 is 3.10 bits per heavy atom. The maximum absolute atomic E-state index is 6.24. The second-order valence-electron chi connectivity index (χ2n) is 6.45. The molecule has 0 aliphatic carbocycles. The number of ether oxygens (including phenoxy) is 1. The van der Waals surface area contributed by atoms with Crippen molar-refractivity contribution in [3.8, 4) is 5.75 Å². The first-order valence-electron chi connectivity index (χ1n) is 7.41. The lowest BCUT2D eigenvalue weighted by Gasteiger charge is -2.24. The number of halogens is 1. The van der Waals surface area contributed by atoms with E-state index in [1.165, 1.54) is 17.5 Å². The molecule has 1 unspecified atom stereocenters. The van der Waals surface area contributed by atoms with Crippen LogP contribution in [0.4, 0.5) is 0 Å². The Hall–Kier alpha value is -0.770. The first-order valence-corrected chi connectivity index (χ1v) is 7.78. The zero-order valence-electron chi connectivity index (χ0n) is 12.3. The van der Waals surface area contributed by atoms with E-state index in [2.05, 4.69) is 23.2 Å². The van der Waals surface area contributed by atoms with Crippen molar-refractivity contribution in [1.29, 1.82) is 0 Å². The lowest BCUT2D eigenvalue weighted by Crippen LogP contribution is -2.32. The summed E-state index contributed by atoms with van der Waals surface area (Å²) in [7, 11) is 2.03. The van der Waals surface area contributed by atoms with E-state index in [1.54, 1.807) is 0 Å². The summed E-state index contributed by atoms with van der Waals surface area (Å²) in [5, 5.41) is 4.15. The Balaban J connectivity index is 1.73. The third-order valence-corrected chi connectivity index (χ3v) is 4.68. The molecule has 2 aliphatic heterocycles. The van der Waals surface area contributed by atoms with Gasteiger partial charge in [-0.15, -0.1) is 0 Å². The van der Waals surface area contributed by atoms with Crippen LogP contribution < -0.4 is 10.1 Å². The van der Waals surface area contributed by atoms with Crippen molar-refractivity contribution in [3.05, 3.63) is 28.3 Å². The summed E-state index contributed by atoms with van der Waals surface area (Å²) in [6.45, 7) is 7.47. The van der Waals surface area contributed by atoms with Crippen LogP contribution in [0.2, 0.25) is 5.02 Å². The van der Waals surface area contributed by atoms with Crippen molar-refractivity contribution in [2.45, 2.75) is 26.3 Å². The van der Waals surface area contributed by atoms with Gasteiger partial charge in [0, 0.05) is 36.6 Å². The molecule has 110 valence electrons. The van der Waals surface area contributed by atoms with Gasteiger partial charge in [-0.25, -0.2) is 0 Å². The molecular formula is C16H23ClN2O. The predicted octanol–water partition coefficient (Wildman–Crippen LogP) is 2.71. The number of fused-ring (bicyclic) bond motifs is 1. The van der Waals surface area contributed by atoms with Crippen LogP contribution in [0.25, 0.3) is 0 Å². The van der Waals surface area contributed by atoms with Gasteiger partial charge in [-0.2, -0.15) is 0 Å². The van der Waals surface area contributed by atoms with Crippen LogP contribution in [0.5, 0.6) is 5.75 Å². The van der Waals surface area contributed by atoms with Crippen molar-refractivity contribution in [2.24, 2.45) is 5.41 Å². The van der Waals surface area contributed by atoms with Crippen LogP contribution >= 0.6 is 11.6 Å². The van der Waals surface area contributed by atoms with Gasteiger partial charge in [0.25, 0.3) is 0 Å². The van der Waals surface area contributed by atoms with E-state index in [0.717, 1.165) is 50.0 Å². The SMILES string of the molecule is CNCC1(C)CCN(Cc2cc(Cl)cc3c2OCC3)C1. The van der Waals surface area contributed by atoms with Gasteiger partial charge in [0.1, 0.15) is 5.75 Å². The average molecular weight is 295 g/mol. The molecule has 3 nitrogen and oxygen atoms in total. The minimum Gasteiger partial charge on any atom is -0.493 e. The van der Waals surface area contributed by atoms with E-state index >= 15 is 0 Å². The highest BCUT2D eigenvalue weighted by Crippen LogP contribution is 2.36. The summed E-state index contributed by atoms with van der Waals surface area (Å²) in [6, 6.07) is 4.11. The number of likely N-dealkylation sites (tertiary alicyclic amines) is 1. The summed E-state index contributed by atoms with van der Waals surface area (Å²) in [5.74, 6) is 1.08. The zero-order chi connectivity index (χ0) is 14.2.